The lowest BCUT2D eigenvalue weighted by Crippen LogP contribution is -2.46. The minimum Gasteiger partial charge on any atom is -0.494 e. The molecule has 1 fully saturated rings. The lowest BCUT2D eigenvalue weighted by molar-refractivity contribution is 0.225. The molecule has 0 aliphatic carbocycles. The van der Waals surface area contributed by atoms with Crippen LogP contribution in [0, 0.1) is 20.8 Å². The fourth-order valence-electron chi connectivity index (χ4n) is 4.73. The number of hydrogen-bond donors (Lipinski definition) is 1. The molecule has 2 aliphatic rings. The van der Waals surface area contributed by atoms with Crippen molar-refractivity contribution in [2.75, 3.05) is 26.3 Å². The normalized spacial score (nSPS) is 17.8. The third-order valence-corrected chi connectivity index (χ3v) is 7.08. The molecule has 0 spiro atoms. The van der Waals surface area contributed by atoms with Crippen LogP contribution in [0.25, 0.3) is 0 Å². The van der Waals surface area contributed by atoms with Gasteiger partial charge in [-0.3, -0.25) is 15.4 Å². The van der Waals surface area contributed by atoms with Crippen molar-refractivity contribution in [2.45, 2.75) is 38.6 Å². The number of nitrogens with zero attached hydrogens (tertiary/aromatic N) is 4. The van der Waals surface area contributed by atoms with E-state index in [9.17, 15) is 0 Å². The summed E-state index contributed by atoms with van der Waals surface area (Å²) in [5.74, 6) is 6.76. The average molecular weight is 610 g/mol. The summed E-state index contributed by atoms with van der Waals surface area (Å²) in [6.07, 6.45) is 5.17. The van der Waals surface area contributed by atoms with Crippen LogP contribution in [0.1, 0.15) is 49.8 Å². The van der Waals surface area contributed by atoms with Crippen molar-refractivity contribution in [3.8, 4) is 17.6 Å². The van der Waals surface area contributed by atoms with Gasteiger partial charge < -0.3 is 14.4 Å². The van der Waals surface area contributed by atoms with Crippen molar-refractivity contribution in [1.29, 1.82) is 5.41 Å². The predicted molar refractivity (Wildman–Crippen MR) is 158 cm³/mol. The van der Waals surface area contributed by atoms with Crippen LogP contribution in [0.5, 0.6) is 5.75 Å². The van der Waals surface area contributed by atoms with Crippen molar-refractivity contribution in [3.05, 3.63) is 69.9 Å². The van der Waals surface area contributed by atoms with Gasteiger partial charge in [-0.25, -0.2) is 0 Å². The molecule has 1 saturated heterocycles. The van der Waals surface area contributed by atoms with E-state index in [1.807, 2.05) is 24.0 Å². The van der Waals surface area contributed by atoms with Gasteiger partial charge in [-0.05, 0) is 84.3 Å². The minimum atomic E-state index is -0.187. The zero-order valence-electron chi connectivity index (χ0n) is 21.3. The first kappa shape index (κ1) is 26.7. The second kappa shape index (κ2) is 12.8. The standard InChI is InChI=1S/C29H32IN5O2/c1-4-7-18-37-29(31)35-17-15-24-25-20-22(30)11-14-26(25)33-27(24)28(35)21-9-12-23(13-10-21)36-19-8-16-34(6-3)32-5-2/h5-6,9-14,20,24,28,31H,3,8,15-19H2,1-2H3/b31-29?,32-5-. The third-order valence-electron chi connectivity index (χ3n) is 6.41. The van der Waals surface area contributed by atoms with Crippen LogP contribution in [0.2, 0.25) is 0 Å². The van der Waals surface area contributed by atoms with E-state index >= 15 is 0 Å². The van der Waals surface area contributed by atoms with E-state index in [1.54, 1.807) is 24.3 Å². The zero-order chi connectivity index (χ0) is 26.2. The van der Waals surface area contributed by atoms with Crippen molar-refractivity contribution in [2.24, 2.45) is 10.1 Å². The second-order valence-corrected chi connectivity index (χ2v) is 9.93. The second-order valence-electron chi connectivity index (χ2n) is 8.69. The largest absolute Gasteiger partial charge is 0.494 e. The van der Waals surface area contributed by atoms with E-state index in [-0.39, 0.29) is 24.6 Å². The molecule has 2 heterocycles. The molecule has 0 radical (unpaired) electrons. The highest BCUT2D eigenvalue weighted by Crippen LogP contribution is 2.46. The van der Waals surface area contributed by atoms with Crippen LogP contribution in [0.3, 0.4) is 0 Å². The van der Waals surface area contributed by atoms with Gasteiger partial charge >= 0.3 is 0 Å². The summed E-state index contributed by atoms with van der Waals surface area (Å²) in [4.78, 5) is 7.06. The van der Waals surface area contributed by atoms with Crippen LogP contribution in [0.4, 0.5) is 5.69 Å². The van der Waals surface area contributed by atoms with Gasteiger partial charge in [-0.1, -0.05) is 24.6 Å². The number of rotatable bonds is 9. The Morgan fingerprint density at radius 1 is 1.32 bits per heavy atom. The molecule has 1 N–H and O–H groups in total. The molecule has 37 heavy (non-hydrogen) atoms. The number of ether oxygens (including phenoxy) is 2. The highest BCUT2D eigenvalue weighted by molar-refractivity contribution is 14.1. The fraction of sp³-hybridized carbons (Fsp3) is 0.345. The first-order valence-electron chi connectivity index (χ1n) is 12.4. The van der Waals surface area contributed by atoms with Crippen molar-refractivity contribution >= 4 is 46.2 Å². The number of nitrogens with one attached hydrogen (secondary N) is 1. The number of benzene rings is 2. The van der Waals surface area contributed by atoms with Gasteiger partial charge in [0.05, 0.1) is 24.0 Å². The topological polar surface area (TPSA) is 73.5 Å². The summed E-state index contributed by atoms with van der Waals surface area (Å²) >= 11 is 2.36. The molecule has 0 saturated carbocycles. The summed E-state index contributed by atoms with van der Waals surface area (Å²) in [5.41, 5.74) is 4.42. The third kappa shape index (κ3) is 6.34. The van der Waals surface area contributed by atoms with Gasteiger partial charge in [-0.2, -0.15) is 5.10 Å². The predicted octanol–water partition coefficient (Wildman–Crippen LogP) is 6.10. The first-order chi connectivity index (χ1) is 18.0. The van der Waals surface area contributed by atoms with Crippen LogP contribution in [-0.2, 0) is 4.74 Å². The molecule has 0 aromatic heterocycles. The monoisotopic (exact) mass is 609 g/mol. The summed E-state index contributed by atoms with van der Waals surface area (Å²) < 4.78 is 12.9. The van der Waals surface area contributed by atoms with E-state index < -0.39 is 0 Å². The molecule has 2 aliphatic heterocycles. The Hall–Kier alpha value is -3.32. The van der Waals surface area contributed by atoms with Crippen LogP contribution < -0.4 is 4.74 Å². The number of likely N-dealkylation sites (tertiary alicyclic amines) is 1. The Morgan fingerprint density at radius 3 is 2.86 bits per heavy atom. The number of amidine groups is 1. The van der Waals surface area contributed by atoms with E-state index in [2.05, 4.69) is 76.4 Å². The SMILES string of the molecule is C=CN(CCCOc1ccc(C2C3=Nc4ccc(I)cc4C3CCN2C(=N)OCC#CC)cc1)/N=C\C. The Labute approximate surface area is 232 Å². The molecule has 0 amide bonds. The smallest absolute Gasteiger partial charge is 0.286 e. The van der Waals surface area contributed by atoms with Crippen LogP contribution >= 0.6 is 22.6 Å². The molecule has 2 aromatic carbocycles. The maximum Gasteiger partial charge on any atom is 0.286 e. The summed E-state index contributed by atoms with van der Waals surface area (Å²) in [5, 5.41) is 14.7. The first-order valence-corrected chi connectivity index (χ1v) is 13.5. The molecular formula is C29H32IN5O2. The highest BCUT2D eigenvalue weighted by atomic mass is 127. The number of hydrogen-bond acceptors (Lipinski definition) is 6. The van der Waals surface area contributed by atoms with Crippen LogP contribution in [0.15, 0.2) is 65.3 Å². The van der Waals surface area contributed by atoms with Crippen molar-refractivity contribution < 1.29 is 9.47 Å². The van der Waals surface area contributed by atoms with E-state index in [0.717, 1.165) is 42.1 Å². The number of piperidine rings is 1. The molecule has 0 bridgehead atoms. The minimum absolute atomic E-state index is 0.126. The molecule has 7 nitrogen and oxygen atoms in total. The van der Waals surface area contributed by atoms with E-state index in [0.29, 0.717) is 13.2 Å². The molecule has 2 unspecified atom stereocenters. The average Bonchev–Trinajstić information content (AvgIpc) is 3.28. The maximum atomic E-state index is 8.66. The van der Waals surface area contributed by atoms with E-state index in [1.165, 1.54) is 9.13 Å². The maximum absolute atomic E-state index is 8.66. The molecular weight excluding hydrogens is 577 g/mol. The summed E-state index contributed by atoms with van der Waals surface area (Å²) in [7, 11) is 0. The van der Waals surface area contributed by atoms with Gasteiger partial charge in [0.15, 0.2) is 6.61 Å². The lowest BCUT2D eigenvalue weighted by Gasteiger charge is -2.40. The molecule has 2 atom stereocenters. The summed E-state index contributed by atoms with van der Waals surface area (Å²) in [6, 6.07) is 14.5. The molecule has 8 heteroatoms. The van der Waals surface area contributed by atoms with Crippen molar-refractivity contribution in [3.63, 3.8) is 0 Å². The van der Waals surface area contributed by atoms with Crippen LogP contribution in [-0.4, -0.2) is 54.2 Å². The summed E-state index contributed by atoms with van der Waals surface area (Å²) in [6.45, 7) is 9.66. The molecule has 192 valence electrons. The Balaban J connectivity index is 1.52. The highest BCUT2D eigenvalue weighted by Gasteiger charge is 2.41. The van der Waals surface area contributed by atoms with Gasteiger partial charge in [0.1, 0.15) is 5.75 Å². The number of fused-ring (bicyclic) bond motifs is 3. The molecule has 4 rings (SSSR count). The Bertz CT molecular complexity index is 1250. The van der Waals surface area contributed by atoms with Gasteiger partial charge in [-0.15, -0.1) is 5.92 Å². The fourth-order valence-corrected chi connectivity index (χ4v) is 5.25. The molecule has 2 aromatic rings. The Kier molecular flexibility index (Phi) is 9.23. The number of aliphatic imine (C=N–C) groups is 1. The van der Waals surface area contributed by atoms with Gasteiger partial charge in [0.2, 0.25) is 0 Å². The van der Waals surface area contributed by atoms with Gasteiger partial charge in [0, 0.05) is 41.4 Å². The number of halogens is 1. The number of hydrazone groups is 1. The van der Waals surface area contributed by atoms with E-state index in [4.69, 9.17) is 19.9 Å². The lowest BCUT2D eigenvalue weighted by atomic mass is 9.82. The zero-order valence-corrected chi connectivity index (χ0v) is 23.4. The quantitative estimate of drug-likeness (QED) is 0.0932. The Morgan fingerprint density at radius 2 is 2.14 bits per heavy atom. The van der Waals surface area contributed by atoms with Gasteiger partial charge in [0.25, 0.3) is 6.02 Å². The van der Waals surface area contributed by atoms with Crippen molar-refractivity contribution in [1.82, 2.24) is 9.91 Å².